The molecule has 0 atom stereocenters. The topological polar surface area (TPSA) is 41.9 Å². The normalized spacial score (nSPS) is 13.9. The number of nitrogens with zero attached hydrogens (tertiary/aromatic N) is 2. The van der Waals surface area contributed by atoms with E-state index in [-0.39, 0.29) is 12.6 Å². The van der Waals surface area contributed by atoms with E-state index < -0.39 is 0 Å². The van der Waals surface area contributed by atoms with Crippen LogP contribution in [0.4, 0.5) is 0 Å². The van der Waals surface area contributed by atoms with E-state index in [1.807, 2.05) is 48.5 Å². The van der Waals surface area contributed by atoms with Crippen LogP contribution in [0.1, 0.15) is 15.9 Å². The molecule has 0 saturated carbocycles. The van der Waals surface area contributed by atoms with Gasteiger partial charge in [-0.1, -0.05) is 53.7 Å². The lowest BCUT2D eigenvalue weighted by Crippen LogP contribution is -2.34. The fourth-order valence-electron chi connectivity index (χ4n) is 1.95. The highest BCUT2D eigenvalue weighted by atomic mass is 16.7. The fourth-order valence-corrected chi connectivity index (χ4v) is 1.95. The largest absolute Gasteiger partial charge is 0.371 e. The minimum Gasteiger partial charge on any atom is -0.371 e. The molecular weight excluding hydrogens is 240 g/mol. The monoisotopic (exact) mass is 252 g/mol. The van der Waals surface area contributed by atoms with Gasteiger partial charge in [0.25, 0.3) is 5.91 Å². The summed E-state index contributed by atoms with van der Waals surface area (Å²) in [4.78, 5) is 19.0. The molecule has 2 aromatic carbocycles. The molecule has 4 nitrogen and oxygen atoms in total. The third-order valence-electron chi connectivity index (χ3n) is 2.89. The van der Waals surface area contributed by atoms with Crippen LogP contribution in [0.15, 0.2) is 65.8 Å². The zero-order valence-electron chi connectivity index (χ0n) is 10.2. The second kappa shape index (κ2) is 4.94. The van der Waals surface area contributed by atoms with E-state index in [0.29, 0.717) is 11.4 Å². The van der Waals surface area contributed by atoms with Gasteiger partial charge in [0, 0.05) is 11.1 Å². The standard InChI is InChI=1S/C15H12N2O2/c18-15(13-9-5-2-6-10-13)17-11-19-16-14(17)12-7-3-1-4-8-12/h1-10H,11H2. The Labute approximate surface area is 110 Å². The molecule has 1 amide bonds. The minimum atomic E-state index is -0.110. The van der Waals surface area contributed by atoms with E-state index in [4.69, 9.17) is 4.84 Å². The van der Waals surface area contributed by atoms with Crippen LogP contribution in [0.25, 0.3) is 0 Å². The maximum Gasteiger partial charge on any atom is 0.262 e. The van der Waals surface area contributed by atoms with E-state index in [9.17, 15) is 4.79 Å². The number of carbonyl (C=O) groups is 1. The minimum absolute atomic E-state index is 0.110. The Morgan fingerprint density at radius 1 is 1.00 bits per heavy atom. The first-order valence-corrected chi connectivity index (χ1v) is 5.98. The highest BCUT2D eigenvalue weighted by Crippen LogP contribution is 2.15. The number of amidine groups is 1. The van der Waals surface area contributed by atoms with Crippen molar-refractivity contribution in [1.29, 1.82) is 0 Å². The molecular formula is C15H12N2O2. The van der Waals surface area contributed by atoms with Gasteiger partial charge in [-0.05, 0) is 12.1 Å². The SMILES string of the molecule is O=C(c1ccccc1)N1CON=C1c1ccccc1. The van der Waals surface area contributed by atoms with Crippen molar-refractivity contribution in [1.82, 2.24) is 4.90 Å². The van der Waals surface area contributed by atoms with E-state index in [2.05, 4.69) is 5.16 Å². The molecule has 0 saturated heterocycles. The van der Waals surface area contributed by atoms with Crippen molar-refractivity contribution in [2.24, 2.45) is 5.16 Å². The van der Waals surface area contributed by atoms with Gasteiger partial charge in [0.2, 0.25) is 0 Å². The van der Waals surface area contributed by atoms with Crippen molar-refractivity contribution >= 4 is 11.7 Å². The summed E-state index contributed by atoms with van der Waals surface area (Å²) in [7, 11) is 0. The lowest BCUT2D eigenvalue weighted by molar-refractivity contribution is 0.0666. The average Bonchev–Trinajstić information content (AvgIpc) is 2.98. The summed E-state index contributed by atoms with van der Waals surface area (Å²) in [5.41, 5.74) is 1.49. The Bertz CT molecular complexity index is 609. The second-order valence-corrected chi connectivity index (χ2v) is 4.14. The van der Waals surface area contributed by atoms with Gasteiger partial charge in [0.15, 0.2) is 12.6 Å². The van der Waals surface area contributed by atoms with Crippen molar-refractivity contribution in [3.05, 3.63) is 71.8 Å². The molecule has 0 unspecified atom stereocenters. The zero-order valence-corrected chi connectivity index (χ0v) is 10.2. The zero-order chi connectivity index (χ0) is 13.1. The molecule has 0 N–H and O–H groups in total. The molecule has 0 aliphatic carbocycles. The molecule has 0 fully saturated rings. The average molecular weight is 252 g/mol. The third kappa shape index (κ3) is 2.20. The summed E-state index contributed by atoms with van der Waals surface area (Å²) in [6.07, 6.45) is 0. The number of oxime groups is 1. The highest BCUT2D eigenvalue weighted by Gasteiger charge is 2.27. The van der Waals surface area contributed by atoms with E-state index in [0.717, 1.165) is 5.56 Å². The first kappa shape index (κ1) is 11.5. The van der Waals surface area contributed by atoms with Gasteiger partial charge in [-0.3, -0.25) is 9.69 Å². The smallest absolute Gasteiger partial charge is 0.262 e. The van der Waals surface area contributed by atoms with Crippen LogP contribution in [0.2, 0.25) is 0 Å². The van der Waals surface area contributed by atoms with Gasteiger partial charge in [-0.15, -0.1) is 0 Å². The van der Waals surface area contributed by atoms with Crippen LogP contribution in [0.3, 0.4) is 0 Å². The number of rotatable bonds is 2. The van der Waals surface area contributed by atoms with E-state index >= 15 is 0 Å². The number of carbonyl (C=O) groups excluding carboxylic acids is 1. The molecule has 0 radical (unpaired) electrons. The van der Waals surface area contributed by atoms with E-state index in [1.165, 1.54) is 4.90 Å². The van der Waals surface area contributed by atoms with Crippen LogP contribution in [0, 0.1) is 0 Å². The summed E-state index contributed by atoms with van der Waals surface area (Å²) in [6.45, 7) is 0.151. The van der Waals surface area contributed by atoms with Crippen molar-refractivity contribution in [2.45, 2.75) is 0 Å². The van der Waals surface area contributed by atoms with Crippen molar-refractivity contribution in [3.8, 4) is 0 Å². The predicted octanol–water partition coefficient (Wildman–Crippen LogP) is 2.48. The number of hydrogen-bond acceptors (Lipinski definition) is 3. The molecule has 0 spiro atoms. The fraction of sp³-hybridized carbons (Fsp3) is 0.0667. The summed E-state index contributed by atoms with van der Waals surface area (Å²) in [6, 6.07) is 18.6. The maximum atomic E-state index is 12.4. The van der Waals surface area contributed by atoms with Crippen molar-refractivity contribution in [2.75, 3.05) is 6.73 Å². The lowest BCUT2D eigenvalue weighted by Gasteiger charge is -2.15. The summed E-state index contributed by atoms with van der Waals surface area (Å²) >= 11 is 0. The van der Waals surface area contributed by atoms with Gasteiger partial charge < -0.3 is 4.84 Å². The van der Waals surface area contributed by atoms with Crippen LogP contribution >= 0.6 is 0 Å². The van der Waals surface area contributed by atoms with Gasteiger partial charge in [0.05, 0.1) is 0 Å². The van der Waals surface area contributed by atoms with Gasteiger partial charge >= 0.3 is 0 Å². The lowest BCUT2D eigenvalue weighted by atomic mass is 10.1. The third-order valence-corrected chi connectivity index (χ3v) is 2.89. The molecule has 1 heterocycles. The van der Waals surface area contributed by atoms with Crippen LogP contribution in [-0.2, 0) is 4.84 Å². The first-order valence-electron chi connectivity index (χ1n) is 5.98. The summed E-state index contributed by atoms with van der Waals surface area (Å²) in [5, 5.41) is 3.96. The van der Waals surface area contributed by atoms with Gasteiger partial charge in [0.1, 0.15) is 0 Å². The first-order chi connectivity index (χ1) is 9.36. The molecule has 0 aromatic heterocycles. The molecule has 94 valence electrons. The Balaban J connectivity index is 1.90. The maximum absolute atomic E-state index is 12.4. The van der Waals surface area contributed by atoms with E-state index in [1.54, 1.807) is 12.1 Å². The van der Waals surface area contributed by atoms with Crippen LogP contribution in [-0.4, -0.2) is 23.4 Å². The molecule has 19 heavy (non-hydrogen) atoms. The molecule has 4 heteroatoms. The van der Waals surface area contributed by atoms with Crippen LogP contribution < -0.4 is 0 Å². The molecule has 3 rings (SSSR count). The number of amides is 1. The highest BCUT2D eigenvalue weighted by molar-refractivity contribution is 6.12. The Morgan fingerprint density at radius 2 is 1.63 bits per heavy atom. The Morgan fingerprint density at radius 3 is 2.32 bits per heavy atom. The van der Waals surface area contributed by atoms with Crippen molar-refractivity contribution < 1.29 is 9.63 Å². The number of hydrogen-bond donors (Lipinski definition) is 0. The van der Waals surface area contributed by atoms with Gasteiger partial charge in [-0.2, -0.15) is 0 Å². The summed E-state index contributed by atoms with van der Waals surface area (Å²) in [5.74, 6) is 0.440. The van der Waals surface area contributed by atoms with Crippen LogP contribution in [0.5, 0.6) is 0 Å². The molecule has 0 bridgehead atoms. The van der Waals surface area contributed by atoms with Gasteiger partial charge in [-0.25, -0.2) is 0 Å². The second-order valence-electron chi connectivity index (χ2n) is 4.14. The molecule has 2 aromatic rings. The predicted molar refractivity (Wildman–Crippen MR) is 71.5 cm³/mol. The molecule has 1 aliphatic heterocycles. The Hall–Kier alpha value is -2.62. The Kier molecular flexibility index (Phi) is 2.98. The molecule has 1 aliphatic rings. The number of benzene rings is 2. The quantitative estimate of drug-likeness (QED) is 0.824. The summed E-state index contributed by atoms with van der Waals surface area (Å²) < 4.78 is 0. The van der Waals surface area contributed by atoms with Crippen molar-refractivity contribution in [3.63, 3.8) is 0 Å².